The van der Waals surface area contributed by atoms with Crippen LogP contribution in [0.25, 0.3) is 0 Å². The molecule has 5 fully saturated rings. The zero-order chi connectivity index (χ0) is 25.1. The molecule has 0 unspecified atom stereocenters. The topological polar surface area (TPSA) is 77.8 Å². The van der Waals surface area contributed by atoms with E-state index in [4.69, 9.17) is 0 Å². The van der Waals surface area contributed by atoms with Crippen molar-refractivity contribution in [2.45, 2.75) is 125 Å². The number of hydrogen-bond acceptors (Lipinski definition) is 3. The molecule has 0 aromatic rings. The maximum absolute atomic E-state index is 12.8. The van der Waals surface area contributed by atoms with Crippen LogP contribution in [-0.4, -0.2) is 33.5 Å². The van der Waals surface area contributed by atoms with Gasteiger partial charge in [-0.05, 0) is 115 Å². The van der Waals surface area contributed by atoms with E-state index in [0.717, 1.165) is 51.4 Å². The van der Waals surface area contributed by atoms with Crippen LogP contribution >= 0.6 is 0 Å². The maximum atomic E-state index is 12.8. The SMILES string of the molecule is CC1(C)CC[C@]2(C(=O)O)CC[C@H]3[C@]4(C)CC[C@H]5C(C)(C)[C@@H](O)[C@@H](O)C[C@]5(C)[C@H]4CC[C@@]3(C)[C@H]2C1. The molecule has 5 aliphatic rings. The van der Waals surface area contributed by atoms with Crippen LogP contribution in [0.3, 0.4) is 0 Å². The summed E-state index contributed by atoms with van der Waals surface area (Å²) in [5.74, 6) is 1.18. The van der Waals surface area contributed by atoms with E-state index in [1.54, 1.807) is 0 Å². The third kappa shape index (κ3) is 2.99. The number of carbonyl (C=O) groups is 1. The number of aliphatic carboxylic acids is 1. The molecule has 5 rings (SSSR count). The highest BCUT2D eigenvalue weighted by molar-refractivity contribution is 5.75. The molecular formula is C30H50O4. The molecule has 10 atom stereocenters. The van der Waals surface area contributed by atoms with Gasteiger partial charge in [0.15, 0.2) is 0 Å². The summed E-state index contributed by atoms with van der Waals surface area (Å²) in [4.78, 5) is 12.8. The summed E-state index contributed by atoms with van der Waals surface area (Å²) in [6, 6.07) is 0. The van der Waals surface area contributed by atoms with Gasteiger partial charge in [-0.3, -0.25) is 4.79 Å². The summed E-state index contributed by atoms with van der Waals surface area (Å²) in [6.07, 6.45) is 8.64. The Hall–Kier alpha value is -0.610. The number of aliphatic hydroxyl groups is 2. The van der Waals surface area contributed by atoms with Crippen LogP contribution < -0.4 is 0 Å². The van der Waals surface area contributed by atoms with Crippen LogP contribution in [0.2, 0.25) is 0 Å². The molecule has 3 N–H and O–H groups in total. The molecule has 34 heavy (non-hydrogen) atoms. The average molecular weight is 475 g/mol. The summed E-state index contributed by atoms with van der Waals surface area (Å²) in [6.45, 7) is 16.5. The Morgan fingerprint density at radius 3 is 1.79 bits per heavy atom. The van der Waals surface area contributed by atoms with Crippen molar-refractivity contribution in [1.82, 2.24) is 0 Å². The molecule has 0 aromatic heterocycles. The van der Waals surface area contributed by atoms with Crippen LogP contribution in [0.4, 0.5) is 0 Å². The number of carboxylic acids is 1. The van der Waals surface area contributed by atoms with Crippen LogP contribution in [-0.2, 0) is 4.79 Å². The number of aliphatic hydroxyl groups excluding tert-OH is 2. The lowest BCUT2D eigenvalue weighted by Crippen LogP contribution is -2.68. The summed E-state index contributed by atoms with van der Waals surface area (Å²) in [5.41, 5.74) is -0.369. The summed E-state index contributed by atoms with van der Waals surface area (Å²) < 4.78 is 0. The third-order valence-electron chi connectivity index (χ3n) is 13.4. The molecule has 0 amide bonds. The normalized spacial score (nSPS) is 55.8. The van der Waals surface area contributed by atoms with Gasteiger partial charge in [0.05, 0.1) is 17.6 Å². The van der Waals surface area contributed by atoms with Crippen LogP contribution in [0, 0.1) is 56.2 Å². The lowest BCUT2D eigenvalue weighted by atomic mass is 9.32. The van der Waals surface area contributed by atoms with Crippen molar-refractivity contribution >= 4 is 5.97 Å². The van der Waals surface area contributed by atoms with E-state index in [1.165, 1.54) is 6.42 Å². The number of fused-ring (bicyclic) bond motifs is 7. The highest BCUT2D eigenvalue weighted by atomic mass is 16.4. The molecule has 0 bridgehead atoms. The Kier molecular flexibility index (Phi) is 5.34. The minimum absolute atomic E-state index is 0.0175. The van der Waals surface area contributed by atoms with E-state index >= 15 is 0 Å². The first-order chi connectivity index (χ1) is 15.5. The lowest BCUT2D eigenvalue weighted by molar-refractivity contribution is -0.261. The van der Waals surface area contributed by atoms with Gasteiger partial charge in [0.1, 0.15) is 0 Å². The Bertz CT molecular complexity index is 864. The van der Waals surface area contributed by atoms with Crippen LogP contribution in [0.1, 0.15) is 113 Å². The highest BCUT2D eigenvalue weighted by Gasteiger charge is 2.71. The van der Waals surface area contributed by atoms with Gasteiger partial charge in [-0.2, -0.15) is 0 Å². The molecule has 0 saturated heterocycles. The standard InChI is InChI=1S/C30H50O4/c1-25(2)14-15-30(24(33)34)13-10-20-27(5)11-8-19-26(3,4)23(32)18(31)16-29(19,7)21(27)9-12-28(20,6)22(30)17-25/h18-23,31-32H,8-17H2,1-7H3,(H,33,34)/t18-,19-,20-,21-,22+,23-,27-,28+,29-,30+/m0/s1. The van der Waals surface area contributed by atoms with E-state index < -0.39 is 23.6 Å². The first-order valence-corrected chi connectivity index (χ1v) is 14.1. The third-order valence-corrected chi connectivity index (χ3v) is 13.4. The highest BCUT2D eigenvalue weighted by Crippen LogP contribution is 2.76. The molecule has 194 valence electrons. The molecular weight excluding hydrogens is 424 g/mol. The first-order valence-electron chi connectivity index (χ1n) is 14.1. The molecule has 0 spiro atoms. The van der Waals surface area contributed by atoms with Crippen LogP contribution in [0.15, 0.2) is 0 Å². The zero-order valence-corrected chi connectivity index (χ0v) is 22.8. The number of carboxylic acid groups (broad SMARTS) is 1. The maximum Gasteiger partial charge on any atom is 0.309 e. The predicted octanol–water partition coefficient (Wildman–Crippen LogP) is 6.28. The van der Waals surface area contributed by atoms with E-state index in [-0.39, 0.29) is 33.0 Å². The van der Waals surface area contributed by atoms with Crippen LogP contribution in [0.5, 0.6) is 0 Å². The smallest absolute Gasteiger partial charge is 0.309 e. The summed E-state index contributed by atoms with van der Waals surface area (Å²) >= 11 is 0. The summed E-state index contributed by atoms with van der Waals surface area (Å²) in [5, 5.41) is 32.4. The molecule has 5 aliphatic carbocycles. The minimum atomic E-state index is -0.655. The van der Waals surface area contributed by atoms with Crippen molar-refractivity contribution < 1.29 is 20.1 Å². The fourth-order valence-electron chi connectivity index (χ4n) is 11.8. The van der Waals surface area contributed by atoms with Gasteiger partial charge in [-0.15, -0.1) is 0 Å². The second-order valence-corrected chi connectivity index (χ2v) is 15.7. The van der Waals surface area contributed by atoms with Gasteiger partial charge in [-0.25, -0.2) is 0 Å². The van der Waals surface area contributed by atoms with Crippen molar-refractivity contribution in [3.05, 3.63) is 0 Å². The minimum Gasteiger partial charge on any atom is -0.481 e. The predicted molar refractivity (Wildman–Crippen MR) is 134 cm³/mol. The van der Waals surface area contributed by atoms with E-state index in [2.05, 4.69) is 48.5 Å². The van der Waals surface area contributed by atoms with E-state index in [0.29, 0.717) is 24.2 Å². The molecule has 0 radical (unpaired) electrons. The number of hydrogen-bond donors (Lipinski definition) is 3. The second-order valence-electron chi connectivity index (χ2n) is 15.7. The van der Waals surface area contributed by atoms with Gasteiger partial charge in [0.25, 0.3) is 0 Å². The van der Waals surface area contributed by atoms with E-state index in [9.17, 15) is 20.1 Å². The first kappa shape index (κ1) is 25.1. The van der Waals surface area contributed by atoms with Gasteiger partial charge in [0, 0.05) is 0 Å². The monoisotopic (exact) mass is 474 g/mol. The van der Waals surface area contributed by atoms with Crippen molar-refractivity contribution in [2.75, 3.05) is 0 Å². The Balaban J connectivity index is 1.55. The van der Waals surface area contributed by atoms with Crippen molar-refractivity contribution in [2.24, 2.45) is 56.2 Å². The van der Waals surface area contributed by atoms with E-state index in [1.807, 2.05) is 0 Å². The lowest BCUT2D eigenvalue weighted by Gasteiger charge is -2.72. The zero-order valence-electron chi connectivity index (χ0n) is 22.8. The Labute approximate surface area is 207 Å². The summed E-state index contributed by atoms with van der Waals surface area (Å²) in [7, 11) is 0. The molecule has 0 heterocycles. The second kappa shape index (κ2) is 7.24. The molecule has 4 nitrogen and oxygen atoms in total. The molecule has 4 heteroatoms. The van der Waals surface area contributed by atoms with Gasteiger partial charge in [0.2, 0.25) is 0 Å². The largest absolute Gasteiger partial charge is 0.481 e. The van der Waals surface area contributed by atoms with Gasteiger partial charge < -0.3 is 15.3 Å². The molecule has 0 aromatic carbocycles. The average Bonchev–Trinajstić information content (AvgIpc) is 2.71. The van der Waals surface area contributed by atoms with Crippen molar-refractivity contribution in [3.8, 4) is 0 Å². The Morgan fingerprint density at radius 1 is 0.647 bits per heavy atom. The van der Waals surface area contributed by atoms with Crippen molar-refractivity contribution in [3.63, 3.8) is 0 Å². The number of rotatable bonds is 1. The van der Waals surface area contributed by atoms with Gasteiger partial charge in [-0.1, -0.05) is 48.5 Å². The molecule has 5 saturated carbocycles. The Morgan fingerprint density at radius 2 is 1.18 bits per heavy atom. The van der Waals surface area contributed by atoms with Gasteiger partial charge >= 0.3 is 5.97 Å². The quantitative estimate of drug-likeness (QED) is 0.418. The fourth-order valence-corrected chi connectivity index (χ4v) is 11.8. The fraction of sp³-hybridized carbons (Fsp3) is 0.967. The molecule has 0 aliphatic heterocycles. The van der Waals surface area contributed by atoms with Crippen molar-refractivity contribution in [1.29, 1.82) is 0 Å².